The highest BCUT2D eigenvalue weighted by molar-refractivity contribution is 6.04. The Balaban J connectivity index is 1.74. The van der Waals surface area contributed by atoms with E-state index < -0.39 is 11.9 Å². The van der Waals surface area contributed by atoms with Crippen molar-refractivity contribution in [1.29, 1.82) is 0 Å². The van der Waals surface area contributed by atoms with Gasteiger partial charge in [0.2, 0.25) is 5.91 Å². The van der Waals surface area contributed by atoms with Crippen molar-refractivity contribution in [2.75, 3.05) is 5.32 Å². The van der Waals surface area contributed by atoms with Crippen LogP contribution in [0.15, 0.2) is 54.7 Å². The fraction of sp³-hybridized carbons (Fsp3) is 0.143. The number of fused-ring (bicyclic) bond motifs is 1. The number of para-hydroxylation sites is 1. The summed E-state index contributed by atoms with van der Waals surface area (Å²) in [5.74, 6) is -1.08. The van der Waals surface area contributed by atoms with Crippen LogP contribution in [0.5, 0.6) is 5.75 Å². The summed E-state index contributed by atoms with van der Waals surface area (Å²) in [5.41, 5.74) is 2.24. The number of H-pyrrole nitrogens is 1. The number of aromatic hydroxyl groups is 1. The van der Waals surface area contributed by atoms with Crippen LogP contribution in [0.4, 0.5) is 5.69 Å². The first-order valence-corrected chi connectivity index (χ1v) is 8.53. The number of phenolic OH excluding ortho intramolecular Hbond substituents is 1. The number of anilines is 1. The first kappa shape index (κ1) is 18.3. The second kappa shape index (κ2) is 7.78. The zero-order chi connectivity index (χ0) is 19.4. The van der Waals surface area contributed by atoms with Gasteiger partial charge in [-0.1, -0.05) is 18.2 Å². The zero-order valence-corrected chi connectivity index (χ0v) is 15.0. The molecule has 0 aliphatic carbocycles. The number of hydrogen-bond acceptors (Lipinski definition) is 4. The number of carbonyl (C=O) groups is 2. The van der Waals surface area contributed by atoms with Crippen LogP contribution in [-0.4, -0.2) is 28.1 Å². The van der Waals surface area contributed by atoms with Gasteiger partial charge in [0, 0.05) is 23.2 Å². The molecule has 6 nitrogen and oxygen atoms in total. The van der Waals surface area contributed by atoms with E-state index in [0.29, 0.717) is 0 Å². The second-order valence-corrected chi connectivity index (χ2v) is 6.30. The smallest absolute Gasteiger partial charge is 0.338 e. The second-order valence-electron chi connectivity index (χ2n) is 6.30. The van der Waals surface area contributed by atoms with Crippen molar-refractivity contribution in [3.63, 3.8) is 0 Å². The van der Waals surface area contributed by atoms with Crippen LogP contribution in [0.2, 0.25) is 0 Å². The topological polar surface area (TPSA) is 91.4 Å². The van der Waals surface area contributed by atoms with Gasteiger partial charge in [-0.3, -0.25) is 4.79 Å². The third kappa shape index (κ3) is 4.36. The molecule has 0 unspecified atom stereocenters. The van der Waals surface area contributed by atoms with E-state index in [-0.39, 0.29) is 23.1 Å². The van der Waals surface area contributed by atoms with Crippen LogP contribution in [0.1, 0.15) is 29.8 Å². The van der Waals surface area contributed by atoms with Crippen molar-refractivity contribution in [2.45, 2.75) is 20.0 Å². The highest BCUT2D eigenvalue weighted by atomic mass is 16.5. The van der Waals surface area contributed by atoms with Gasteiger partial charge in [0.05, 0.1) is 17.4 Å². The number of benzene rings is 2. The Morgan fingerprint density at radius 3 is 2.74 bits per heavy atom. The number of hydrogen-bond donors (Lipinski definition) is 3. The lowest BCUT2D eigenvalue weighted by Gasteiger charge is -2.10. The number of esters is 1. The Labute approximate surface area is 156 Å². The molecule has 1 amide bonds. The average Bonchev–Trinajstić information content (AvgIpc) is 3.04. The predicted octanol–water partition coefficient (Wildman–Crippen LogP) is 4.09. The normalized spacial score (nSPS) is 11.2. The monoisotopic (exact) mass is 364 g/mol. The molecule has 2 aromatic carbocycles. The SMILES string of the molecule is CC(C)OC(=O)c1ccc(O)c(NC(=O)/C=C/c2c[nH]c3ccccc23)c1. The molecule has 27 heavy (non-hydrogen) atoms. The summed E-state index contributed by atoms with van der Waals surface area (Å²) in [4.78, 5) is 27.3. The Morgan fingerprint density at radius 1 is 1.19 bits per heavy atom. The van der Waals surface area contributed by atoms with Crippen LogP contribution in [0, 0.1) is 0 Å². The molecule has 0 spiro atoms. The summed E-state index contributed by atoms with van der Waals surface area (Å²) >= 11 is 0. The molecule has 0 aliphatic heterocycles. The van der Waals surface area contributed by atoms with Crippen molar-refractivity contribution >= 4 is 34.5 Å². The molecule has 0 saturated carbocycles. The highest BCUT2D eigenvalue weighted by Crippen LogP contribution is 2.25. The molecule has 6 heteroatoms. The standard InChI is InChI=1S/C21H20N2O4/c1-13(2)27-21(26)14-7-9-19(24)18(11-14)23-20(25)10-8-15-12-22-17-6-4-3-5-16(15)17/h3-13,22,24H,1-2H3,(H,23,25)/b10-8+. The molecule has 3 rings (SSSR count). The van der Waals surface area contributed by atoms with Crippen molar-refractivity contribution in [3.05, 3.63) is 65.9 Å². The number of nitrogens with one attached hydrogen (secondary N) is 2. The minimum atomic E-state index is -0.519. The minimum Gasteiger partial charge on any atom is -0.506 e. The van der Waals surface area contributed by atoms with Gasteiger partial charge in [-0.2, -0.15) is 0 Å². The minimum absolute atomic E-state index is 0.134. The summed E-state index contributed by atoms with van der Waals surface area (Å²) in [6.07, 6.45) is 4.61. The van der Waals surface area contributed by atoms with Crippen molar-refractivity contribution in [2.24, 2.45) is 0 Å². The summed E-state index contributed by atoms with van der Waals surface area (Å²) in [7, 11) is 0. The van der Waals surface area contributed by atoms with Crippen LogP contribution < -0.4 is 5.32 Å². The zero-order valence-electron chi connectivity index (χ0n) is 15.0. The van der Waals surface area contributed by atoms with Gasteiger partial charge < -0.3 is 20.1 Å². The van der Waals surface area contributed by atoms with Crippen LogP contribution in [0.3, 0.4) is 0 Å². The van der Waals surface area contributed by atoms with Crippen LogP contribution in [-0.2, 0) is 9.53 Å². The summed E-state index contributed by atoms with van der Waals surface area (Å²) in [6, 6.07) is 11.9. The molecule has 0 bridgehead atoms. The molecule has 0 saturated heterocycles. The molecule has 3 aromatic rings. The molecular weight excluding hydrogens is 344 g/mol. The van der Waals surface area contributed by atoms with Crippen LogP contribution >= 0.6 is 0 Å². The number of phenols is 1. The lowest BCUT2D eigenvalue weighted by Crippen LogP contribution is -2.13. The molecule has 0 radical (unpaired) electrons. The number of aromatic amines is 1. The fourth-order valence-corrected chi connectivity index (χ4v) is 2.62. The van der Waals surface area contributed by atoms with Crippen molar-refractivity contribution in [1.82, 2.24) is 4.98 Å². The third-order valence-electron chi connectivity index (χ3n) is 3.87. The van der Waals surface area contributed by atoms with E-state index in [4.69, 9.17) is 4.74 Å². The predicted molar refractivity (Wildman–Crippen MR) is 105 cm³/mol. The molecule has 0 aliphatic rings. The van der Waals surface area contributed by atoms with E-state index in [1.165, 1.54) is 24.3 Å². The fourth-order valence-electron chi connectivity index (χ4n) is 2.62. The lowest BCUT2D eigenvalue weighted by atomic mass is 10.1. The summed E-state index contributed by atoms with van der Waals surface area (Å²) in [5, 5.41) is 13.5. The first-order valence-electron chi connectivity index (χ1n) is 8.53. The molecule has 138 valence electrons. The van der Waals surface area contributed by atoms with Crippen LogP contribution in [0.25, 0.3) is 17.0 Å². The Kier molecular flexibility index (Phi) is 5.26. The van der Waals surface area contributed by atoms with Gasteiger partial charge in [-0.15, -0.1) is 0 Å². The maximum atomic E-state index is 12.2. The largest absolute Gasteiger partial charge is 0.506 e. The van der Waals surface area contributed by atoms with Gasteiger partial charge in [0.1, 0.15) is 5.75 Å². The van der Waals surface area contributed by atoms with E-state index >= 15 is 0 Å². The van der Waals surface area contributed by atoms with E-state index in [1.54, 1.807) is 19.9 Å². The highest BCUT2D eigenvalue weighted by Gasteiger charge is 2.13. The van der Waals surface area contributed by atoms with Crippen molar-refractivity contribution < 1.29 is 19.4 Å². The molecule has 1 aromatic heterocycles. The van der Waals surface area contributed by atoms with Crippen molar-refractivity contribution in [3.8, 4) is 5.75 Å². The molecule has 3 N–H and O–H groups in total. The van der Waals surface area contributed by atoms with Gasteiger partial charge in [0.25, 0.3) is 0 Å². The van der Waals surface area contributed by atoms with Gasteiger partial charge in [0.15, 0.2) is 0 Å². The first-order chi connectivity index (χ1) is 12.9. The lowest BCUT2D eigenvalue weighted by molar-refractivity contribution is -0.111. The molecule has 0 atom stereocenters. The third-order valence-corrected chi connectivity index (χ3v) is 3.87. The number of aromatic nitrogens is 1. The molecule has 0 fully saturated rings. The Morgan fingerprint density at radius 2 is 1.96 bits per heavy atom. The number of amides is 1. The Bertz CT molecular complexity index is 1020. The van der Waals surface area contributed by atoms with Gasteiger partial charge in [-0.25, -0.2) is 4.79 Å². The van der Waals surface area contributed by atoms with E-state index in [2.05, 4.69) is 10.3 Å². The summed E-state index contributed by atoms with van der Waals surface area (Å²) in [6.45, 7) is 3.49. The Hall–Kier alpha value is -3.54. The number of rotatable bonds is 5. The summed E-state index contributed by atoms with van der Waals surface area (Å²) < 4.78 is 5.12. The molecular formula is C21H20N2O4. The average molecular weight is 364 g/mol. The maximum absolute atomic E-state index is 12.2. The quantitative estimate of drug-likeness (QED) is 0.361. The van der Waals surface area contributed by atoms with E-state index in [9.17, 15) is 14.7 Å². The number of carbonyl (C=O) groups excluding carboxylic acids is 2. The molecule has 1 heterocycles. The maximum Gasteiger partial charge on any atom is 0.338 e. The van der Waals surface area contributed by atoms with Gasteiger partial charge in [-0.05, 0) is 49.8 Å². The van der Waals surface area contributed by atoms with E-state index in [1.807, 2.05) is 30.5 Å². The van der Waals surface area contributed by atoms with Gasteiger partial charge >= 0.3 is 5.97 Å². The van der Waals surface area contributed by atoms with E-state index in [0.717, 1.165) is 16.5 Å². The number of ether oxygens (including phenoxy) is 1.